The Balaban J connectivity index is 1.08. The molecular formula is C46H32N4. The maximum atomic E-state index is 5.13. The van der Waals surface area contributed by atoms with Crippen LogP contribution in [0.15, 0.2) is 187 Å². The van der Waals surface area contributed by atoms with Gasteiger partial charge in [0.25, 0.3) is 0 Å². The SMILES string of the molecule is C1=C(c2ccccc2)N=C(c2ccc(-n3c4ccccc4c4cc(-n5c6ccccc6c6ccccc65)ccc43)cc2)NC1c1ccccc1. The van der Waals surface area contributed by atoms with Crippen LogP contribution in [-0.2, 0) is 0 Å². The van der Waals surface area contributed by atoms with Crippen molar-refractivity contribution in [2.75, 3.05) is 0 Å². The Morgan fingerprint density at radius 1 is 0.420 bits per heavy atom. The molecule has 4 heteroatoms. The number of hydrogen-bond donors (Lipinski definition) is 1. The van der Waals surface area contributed by atoms with Gasteiger partial charge in [-0.25, -0.2) is 4.99 Å². The highest BCUT2D eigenvalue weighted by Crippen LogP contribution is 2.37. The summed E-state index contributed by atoms with van der Waals surface area (Å²) in [6, 6.07) is 62.8. The van der Waals surface area contributed by atoms with E-state index in [0.717, 1.165) is 34.0 Å². The molecule has 1 atom stereocenters. The minimum absolute atomic E-state index is 0.0136. The lowest BCUT2D eigenvalue weighted by Gasteiger charge is -2.24. The molecule has 0 fully saturated rings. The standard InChI is InChI=1S/C46H32N4/c1-3-13-31(14-4-1)40-30-41(32-15-5-2-6-16-32)48-46(47-40)33-23-25-34(26-24-33)49-44-22-12-9-19-38(44)39-29-35(27-28-45(39)49)50-42-20-10-7-17-36(42)37-18-8-11-21-43(37)50/h1-30,40H,(H,47,48). The Morgan fingerprint density at radius 3 is 1.56 bits per heavy atom. The number of amidine groups is 1. The van der Waals surface area contributed by atoms with E-state index in [1.165, 1.54) is 49.2 Å². The van der Waals surface area contributed by atoms with Crippen LogP contribution in [0.3, 0.4) is 0 Å². The first kappa shape index (κ1) is 28.4. The Kier molecular flexibility index (Phi) is 6.53. The van der Waals surface area contributed by atoms with E-state index in [-0.39, 0.29) is 6.04 Å². The van der Waals surface area contributed by atoms with E-state index < -0.39 is 0 Å². The monoisotopic (exact) mass is 640 g/mol. The van der Waals surface area contributed by atoms with Crippen LogP contribution in [0.5, 0.6) is 0 Å². The first-order valence-electron chi connectivity index (χ1n) is 17.1. The summed E-state index contributed by atoms with van der Waals surface area (Å²) in [4.78, 5) is 5.13. The minimum atomic E-state index is 0.0136. The van der Waals surface area contributed by atoms with E-state index in [1.54, 1.807) is 0 Å². The van der Waals surface area contributed by atoms with Gasteiger partial charge < -0.3 is 14.5 Å². The fourth-order valence-corrected chi connectivity index (χ4v) is 7.64. The third-order valence-electron chi connectivity index (χ3n) is 9.97. The van der Waals surface area contributed by atoms with Crippen molar-refractivity contribution in [2.24, 2.45) is 4.99 Å². The molecule has 2 aromatic heterocycles. The van der Waals surface area contributed by atoms with Gasteiger partial charge in [-0.05, 0) is 77.9 Å². The Labute approximate surface area is 289 Å². The average Bonchev–Trinajstić information content (AvgIpc) is 3.71. The van der Waals surface area contributed by atoms with Gasteiger partial charge in [-0.15, -0.1) is 0 Å². The molecular weight excluding hydrogens is 609 g/mol. The van der Waals surface area contributed by atoms with E-state index in [0.29, 0.717) is 0 Å². The van der Waals surface area contributed by atoms with Crippen LogP contribution in [-0.4, -0.2) is 15.0 Å². The predicted octanol–water partition coefficient (Wildman–Crippen LogP) is 11.0. The largest absolute Gasteiger partial charge is 0.359 e. The molecule has 0 spiro atoms. The van der Waals surface area contributed by atoms with Gasteiger partial charge in [-0.2, -0.15) is 0 Å². The van der Waals surface area contributed by atoms with Gasteiger partial charge in [-0.1, -0.05) is 115 Å². The first-order valence-corrected chi connectivity index (χ1v) is 17.1. The third-order valence-corrected chi connectivity index (χ3v) is 9.97. The molecule has 9 aromatic rings. The maximum absolute atomic E-state index is 5.13. The lowest BCUT2D eigenvalue weighted by Crippen LogP contribution is -2.31. The van der Waals surface area contributed by atoms with Crippen molar-refractivity contribution in [3.05, 3.63) is 199 Å². The number of fused-ring (bicyclic) bond motifs is 6. The van der Waals surface area contributed by atoms with Gasteiger partial charge in [0.1, 0.15) is 5.84 Å². The van der Waals surface area contributed by atoms with Crippen LogP contribution >= 0.6 is 0 Å². The molecule has 7 aromatic carbocycles. The van der Waals surface area contributed by atoms with Gasteiger partial charge in [0.15, 0.2) is 0 Å². The maximum Gasteiger partial charge on any atom is 0.134 e. The van der Waals surface area contributed by atoms with E-state index in [1.807, 2.05) is 6.07 Å². The van der Waals surface area contributed by atoms with Crippen LogP contribution in [0, 0.1) is 0 Å². The van der Waals surface area contributed by atoms with Crippen molar-refractivity contribution in [1.82, 2.24) is 14.5 Å². The summed E-state index contributed by atoms with van der Waals surface area (Å²) < 4.78 is 4.77. The molecule has 1 unspecified atom stereocenters. The number of nitrogens with zero attached hydrogens (tertiary/aromatic N) is 3. The van der Waals surface area contributed by atoms with Gasteiger partial charge in [0.2, 0.25) is 0 Å². The first-order chi connectivity index (χ1) is 24.8. The van der Waals surface area contributed by atoms with E-state index >= 15 is 0 Å². The van der Waals surface area contributed by atoms with Crippen LogP contribution in [0.2, 0.25) is 0 Å². The second kappa shape index (κ2) is 11.5. The van der Waals surface area contributed by atoms with Gasteiger partial charge in [-0.3, -0.25) is 0 Å². The van der Waals surface area contributed by atoms with Crippen LogP contribution < -0.4 is 5.32 Å². The van der Waals surface area contributed by atoms with Crippen molar-refractivity contribution >= 4 is 55.1 Å². The molecule has 0 radical (unpaired) electrons. The Hall–Kier alpha value is -6.65. The lowest BCUT2D eigenvalue weighted by molar-refractivity contribution is 0.781. The molecule has 1 N–H and O–H groups in total. The van der Waals surface area contributed by atoms with E-state index in [4.69, 9.17) is 4.99 Å². The van der Waals surface area contributed by atoms with Crippen molar-refractivity contribution < 1.29 is 0 Å². The average molecular weight is 641 g/mol. The molecule has 0 saturated heterocycles. The third kappa shape index (κ3) is 4.57. The number of aromatic nitrogens is 2. The number of hydrogen-bond acceptors (Lipinski definition) is 2. The fraction of sp³-hybridized carbons (Fsp3) is 0.0217. The topological polar surface area (TPSA) is 34.2 Å². The Morgan fingerprint density at radius 2 is 0.920 bits per heavy atom. The predicted molar refractivity (Wildman–Crippen MR) is 208 cm³/mol. The number of aliphatic imine (C=N–C) groups is 1. The molecule has 4 nitrogen and oxygen atoms in total. The number of para-hydroxylation sites is 3. The summed E-state index contributed by atoms with van der Waals surface area (Å²) >= 11 is 0. The van der Waals surface area contributed by atoms with Crippen molar-refractivity contribution in [1.29, 1.82) is 0 Å². The van der Waals surface area contributed by atoms with Crippen molar-refractivity contribution in [3.8, 4) is 11.4 Å². The summed E-state index contributed by atoms with van der Waals surface area (Å²) in [5, 5.41) is 8.70. The second-order valence-electron chi connectivity index (χ2n) is 12.9. The van der Waals surface area contributed by atoms with Crippen LogP contribution in [0.25, 0.3) is 60.7 Å². The summed E-state index contributed by atoms with van der Waals surface area (Å²) in [5.74, 6) is 0.866. The summed E-state index contributed by atoms with van der Waals surface area (Å²) in [6.45, 7) is 0. The zero-order chi connectivity index (χ0) is 33.0. The molecule has 0 amide bonds. The van der Waals surface area contributed by atoms with Crippen LogP contribution in [0.1, 0.15) is 22.7 Å². The fourth-order valence-electron chi connectivity index (χ4n) is 7.64. The van der Waals surface area contributed by atoms with E-state index in [9.17, 15) is 0 Å². The van der Waals surface area contributed by atoms with Crippen molar-refractivity contribution in [2.45, 2.75) is 6.04 Å². The Bertz CT molecular complexity index is 2710. The minimum Gasteiger partial charge on any atom is -0.359 e. The molecule has 0 aliphatic carbocycles. The molecule has 0 bridgehead atoms. The quantitative estimate of drug-likeness (QED) is 0.200. The number of rotatable bonds is 5. The van der Waals surface area contributed by atoms with Crippen LogP contribution in [0.4, 0.5) is 0 Å². The van der Waals surface area contributed by atoms with Gasteiger partial charge in [0.05, 0.1) is 33.8 Å². The number of benzene rings is 7. The van der Waals surface area contributed by atoms with Crippen molar-refractivity contribution in [3.63, 3.8) is 0 Å². The number of nitrogens with one attached hydrogen (secondary N) is 1. The molecule has 1 aliphatic rings. The highest BCUT2D eigenvalue weighted by molar-refractivity contribution is 6.12. The molecule has 3 heterocycles. The van der Waals surface area contributed by atoms with Gasteiger partial charge >= 0.3 is 0 Å². The highest BCUT2D eigenvalue weighted by atomic mass is 15.1. The van der Waals surface area contributed by atoms with E-state index in [2.05, 4.69) is 190 Å². The molecule has 0 saturated carbocycles. The molecule has 50 heavy (non-hydrogen) atoms. The van der Waals surface area contributed by atoms with Gasteiger partial charge in [0, 0.05) is 38.5 Å². The molecule has 10 rings (SSSR count). The molecule has 1 aliphatic heterocycles. The normalized spacial score (nSPS) is 14.6. The lowest BCUT2D eigenvalue weighted by atomic mass is 10.0. The summed E-state index contributed by atoms with van der Waals surface area (Å²) in [6.07, 6.45) is 2.22. The highest BCUT2D eigenvalue weighted by Gasteiger charge is 2.21. The summed E-state index contributed by atoms with van der Waals surface area (Å²) in [5.41, 5.74) is 11.4. The molecule has 236 valence electrons. The summed E-state index contributed by atoms with van der Waals surface area (Å²) in [7, 11) is 0. The zero-order valence-corrected chi connectivity index (χ0v) is 27.2. The second-order valence-corrected chi connectivity index (χ2v) is 12.9. The smallest absolute Gasteiger partial charge is 0.134 e. The zero-order valence-electron chi connectivity index (χ0n) is 27.2.